The van der Waals surface area contributed by atoms with Gasteiger partial charge in [0.2, 0.25) is 0 Å². The van der Waals surface area contributed by atoms with Gasteiger partial charge in [-0.1, -0.05) is 23.2 Å². The number of aliphatic hydroxyl groups is 1. The average molecular weight is 238 g/mol. The molecule has 0 saturated heterocycles. The maximum absolute atomic E-state index is 13.4. The van der Waals surface area contributed by atoms with E-state index in [0.717, 1.165) is 0 Å². The molecule has 2 unspecified atom stereocenters. The van der Waals surface area contributed by atoms with Crippen LogP contribution in [0.2, 0.25) is 10.0 Å². The highest BCUT2D eigenvalue weighted by Gasteiger charge is 2.21. The van der Waals surface area contributed by atoms with Gasteiger partial charge in [0.25, 0.3) is 0 Å². The highest BCUT2D eigenvalue weighted by Crippen LogP contribution is 2.31. The average Bonchev–Trinajstić information content (AvgIpc) is 2.12. The van der Waals surface area contributed by atoms with Crippen LogP contribution in [0.3, 0.4) is 0 Å². The van der Waals surface area contributed by atoms with E-state index in [1.54, 1.807) is 6.92 Å². The molecule has 0 heterocycles. The first-order chi connectivity index (χ1) is 6.45. The first kappa shape index (κ1) is 11.7. The van der Waals surface area contributed by atoms with Crippen molar-refractivity contribution in [1.29, 1.82) is 0 Å². The Hall–Kier alpha value is -0.350. The summed E-state index contributed by atoms with van der Waals surface area (Å²) < 4.78 is 13.4. The molecule has 1 aromatic carbocycles. The second-order valence-electron chi connectivity index (χ2n) is 3.06. The molecule has 14 heavy (non-hydrogen) atoms. The number of aliphatic hydroxyl groups excluding tert-OH is 1. The zero-order valence-corrected chi connectivity index (χ0v) is 8.98. The summed E-state index contributed by atoms with van der Waals surface area (Å²) >= 11 is 11.3. The second kappa shape index (κ2) is 4.45. The molecule has 0 bridgehead atoms. The van der Waals surface area contributed by atoms with Crippen LogP contribution < -0.4 is 5.73 Å². The number of rotatable bonds is 2. The minimum atomic E-state index is -1.15. The summed E-state index contributed by atoms with van der Waals surface area (Å²) in [5.41, 5.74) is 5.39. The fraction of sp³-hybridized carbons (Fsp3) is 0.333. The fourth-order valence-electron chi connectivity index (χ4n) is 1.08. The van der Waals surface area contributed by atoms with Gasteiger partial charge in [-0.25, -0.2) is 4.39 Å². The molecule has 1 rings (SSSR count). The Morgan fingerprint density at radius 1 is 1.36 bits per heavy atom. The largest absolute Gasteiger partial charge is 0.387 e. The Morgan fingerprint density at radius 3 is 2.36 bits per heavy atom. The van der Waals surface area contributed by atoms with Crippen LogP contribution in [0.1, 0.15) is 18.6 Å². The van der Waals surface area contributed by atoms with Crippen LogP contribution in [0, 0.1) is 5.82 Å². The highest BCUT2D eigenvalue weighted by atomic mass is 35.5. The third kappa shape index (κ3) is 2.17. The van der Waals surface area contributed by atoms with Gasteiger partial charge in [0, 0.05) is 16.6 Å². The summed E-state index contributed by atoms with van der Waals surface area (Å²) in [4.78, 5) is 0. The van der Waals surface area contributed by atoms with Gasteiger partial charge in [-0.05, 0) is 19.1 Å². The van der Waals surface area contributed by atoms with Crippen molar-refractivity contribution in [2.24, 2.45) is 5.73 Å². The van der Waals surface area contributed by atoms with E-state index >= 15 is 0 Å². The Bertz CT molecular complexity index is 344. The lowest BCUT2D eigenvalue weighted by Crippen LogP contribution is -2.25. The van der Waals surface area contributed by atoms with E-state index in [4.69, 9.17) is 28.9 Å². The fourth-order valence-corrected chi connectivity index (χ4v) is 1.50. The van der Waals surface area contributed by atoms with Gasteiger partial charge in [-0.3, -0.25) is 0 Å². The summed E-state index contributed by atoms with van der Waals surface area (Å²) in [6.07, 6.45) is -1.15. The van der Waals surface area contributed by atoms with Crippen molar-refractivity contribution in [3.05, 3.63) is 33.6 Å². The van der Waals surface area contributed by atoms with Crippen molar-refractivity contribution in [3.8, 4) is 0 Å². The summed E-state index contributed by atoms with van der Waals surface area (Å²) in [7, 11) is 0. The van der Waals surface area contributed by atoms with Gasteiger partial charge in [-0.2, -0.15) is 0 Å². The topological polar surface area (TPSA) is 46.2 Å². The molecule has 0 spiro atoms. The molecular weight excluding hydrogens is 228 g/mol. The van der Waals surface area contributed by atoms with Gasteiger partial charge in [0.05, 0.1) is 11.1 Å². The molecule has 0 radical (unpaired) electrons. The third-order valence-electron chi connectivity index (χ3n) is 1.87. The predicted molar refractivity (Wildman–Crippen MR) is 55.0 cm³/mol. The van der Waals surface area contributed by atoms with E-state index in [9.17, 15) is 9.50 Å². The first-order valence-corrected chi connectivity index (χ1v) is 4.77. The summed E-state index contributed by atoms with van der Waals surface area (Å²) in [6.45, 7) is 1.56. The zero-order valence-electron chi connectivity index (χ0n) is 7.47. The molecular formula is C9H10Cl2FNO. The molecule has 1 aromatic rings. The van der Waals surface area contributed by atoms with Crippen molar-refractivity contribution in [2.75, 3.05) is 0 Å². The molecule has 0 fully saturated rings. The van der Waals surface area contributed by atoms with Crippen molar-refractivity contribution >= 4 is 23.2 Å². The predicted octanol–water partition coefficient (Wildman–Crippen LogP) is 2.51. The van der Waals surface area contributed by atoms with Gasteiger partial charge in [0.1, 0.15) is 5.82 Å². The quantitative estimate of drug-likeness (QED) is 0.777. The number of benzene rings is 1. The standard InChI is InChI=1S/C9H10Cl2FNO/c1-4(13)9(14)7-5(10)2-3-6(11)8(7)12/h2-4,9,14H,13H2,1H3. The van der Waals surface area contributed by atoms with E-state index < -0.39 is 18.0 Å². The van der Waals surface area contributed by atoms with Gasteiger partial charge in [0.15, 0.2) is 0 Å². The van der Waals surface area contributed by atoms with Gasteiger partial charge in [-0.15, -0.1) is 0 Å². The molecule has 0 amide bonds. The van der Waals surface area contributed by atoms with E-state index in [-0.39, 0.29) is 15.6 Å². The molecule has 0 aromatic heterocycles. The van der Waals surface area contributed by atoms with Crippen LogP contribution >= 0.6 is 23.2 Å². The number of hydrogen-bond acceptors (Lipinski definition) is 2. The lowest BCUT2D eigenvalue weighted by Gasteiger charge is -2.17. The number of nitrogens with two attached hydrogens (primary N) is 1. The van der Waals surface area contributed by atoms with Crippen LogP contribution in [0.15, 0.2) is 12.1 Å². The van der Waals surface area contributed by atoms with Gasteiger partial charge < -0.3 is 10.8 Å². The minimum Gasteiger partial charge on any atom is -0.387 e. The number of hydrogen-bond donors (Lipinski definition) is 2. The SMILES string of the molecule is CC(N)C(O)c1c(Cl)ccc(Cl)c1F. The molecule has 0 aliphatic carbocycles. The third-order valence-corrected chi connectivity index (χ3v) is 2.49. The van der Waals surface area contributed by atoms with Crippen molar-refractivity contribution in [2.45, 2.75) is 19.1 Å². The molecule has 0 aliphatic heterocycles. The van der Waals surface area contributed by atoms with Crippen LogP contribution in [-0.2, 0) is 0 Å². The van der Waals surface area contributed by atoms with E-state index in [0.29, 0.717) is 0 Å². The number of halogens is 3. The monoisotopic (exact) mass is 237 g/mol. The Labute approximate surface area is 91.4 Å². The van der Waals surface area contributed by atoms with Gasteiger partial charge >= 0.3 is 0 Å². The molecule has 5 heteroatoms. The molecule has 2 atom stereocenters. The van der Waals surface area contributed by atoms with E-state index in [1.165, 1.54) is 12.1 Å². The lowest BCUT2D eigenvalue weighted by atomic mass is 10.0. The van der Waals surface area contributed by atoms with Crippen LogP contribution in [0.4, 0.5) is 4.39 Å². The zero-order chi connectivity index (χ0) is 10.9. The Morgan fingerprint density at radius 2 is 1.86 bits per heavy atom. The van der Waals surface area contributed by atoms with E-state index in [1.807, 2.05) is 0 Å². The van der Waals surface area contributed by atoms with Crippen LogP contribution in [0.5, 0.6) is 0 Å². The van der Waals surface area contributed by atoms with Crippen LogP contribution in [0.25, 0.3) is 0 Å². The first-order valence-electron chi connectivity index (χ1n) is 4.02. The van der Waals surface area contributed by atoms with Crippen molar-refractivity contribution in [3.63, 3.8) is 0 Å². The van der Waals surface area contributed by atoms with Crippen molar-refractivity contribution in [1.82, 2.24) is 0 Å². The van der Waals surface area contributed by atoms with E-state index in [2.05, 4.69) is 0 Å². The summed E-state index contributed by atoms with van der Waals surface area (Å²) in [6, 6.07) is 2.14. The molecule has 78 valence electrons. The molecule has 2 nitrogen and oxygen atoms in total. The summed E-state index contributed by atoms with van der Waals surface area (Å²) in [5, 5.41) is 9.62. The highest BCUT2D eigenvalue weighted by molar-refractivity contribution is 6.33. The lowest BCUT2D eigenvalue weighted by molar-refractivity contribution is 0.149. The second-order valence-corrected chi connectivity index (χ2v) is 3.88. The van der Waals surface area contributed by atoms with Crippen LogP contribution in [-0.4, -0.2) is 11.1 Å². The molecule has 0 aliphatic rings. The Balaban J connectivity index is 3.25. The summed E-state index contributed by atoms with van der Waals surface area (Å²) in [5.74, 6) is -0.719. The Kier molecular flexibility index (Phi) is 3.72. The normalized spacial score (nSPS) is 15.3. The smallest absolute Gasteiger partial charge is 0.149 e. The van der Waals surface area contributed by atoms with Crippen molar-refractivity contribution < 1.29 is 9.50 Å². The minimum absolute atomic E-state index is 0.0471. The maximum Gasteiger partial charge on any atom is 0.149 e. The molecule has 0 saturated carbocycles. The maximum atomic E-state index is 13.4. The molecule has 3 N–H and O–H groups in total.